The van der Waals surface area contributed by atoms with Crippen LogP contribution in [-0.2, 0) is 0 Å². The number of rotatable bonds is 4. The fourth-order valence-electron chi connectivity index (χ4n) is 5.35. The molecule has 0 radical (unpaired) electrons. The van der Waals surface area contributed by atoms with Gasteiger partial charge in [-0.25, -0.2) is 0 Å². The number of quaternary nitrogens is 3. The fraction of sp³-hybridized carbons (Fsp3) is 1.00. The molecule has 0 unspecified atom stereocenters. The molecule has 1 saturated carbocycles. The van der Waals surface area contributed by atoms with Crippen molar-refractivity contribution < 1.29 is 19.8 Å². The first kappa shape index (κ1) is 16.7. The van der Waals surface area contributed by atoms with Gasteiger partial charge in [0.15, 0.2) is 0 Å². The topological polar surface area (TPSA) is 33.5 Å². The second-order valence-corrected chi connectivity index (χ2v) is 8.28. The highest BCUT2D eigenvalue weighted by Gasteiger charge is 2.36. The van der Waals surface area contributed by atoms with Crippen molar-refractivity contribution in [2.75, 3.05) is 52.4 Å². The van der Waals surface area contributed by atoms with Crippen molar-refractivity contribution in [3.8, 4) is 0 Å². The molecule has 3 fully saturated rings. The van der Waals surface area contributed by atoms with Crippen LogP contribution >= 0.6 is 0 Å². The molecule has 2 atom stereocenters. The highest BCUT2D eigenvalue weighted by Crippen LogP contribution is 2.22. The molecule has 3 rings (SSSR count). The van der Waals surface area contributed by atoms with Crippen molar-refractivity contribution in [2.45, 2.75) is 57.5 Å². The summed E-state index contributed by atoms with van der Waals surface area (Å²) in [5.74, 6) is 0.970. The number of hydrogen-bond acceptors (Lipinski definition) is 1. The van der Waals surface area contributed by atoms with Crippen LogP contribution in [-0.4, -0.2) is 69.6 Å². The van der Waals surface area contributed by atoms with E-state index < -0.39 is 0 Å². The lowest BCUT2D eigenvalue weighted by molar-refractivity contribution is -1.03. The zero-order chi connectivity index (χ0) is 15.4. The Bertz CT molecular complexity index is 322. The van der Waals surface area contributed by atoms with Crippen molar-refractivity contribution in [2.24, 2.45) is 5.92 Å². The molecule has 4 nitrogen and oxygen atoms in total. The zero-order valence-electron chi connectivity index (χ0n) is 14.6. The van der Waals surface area contributed by atoms with Crippen LogP contribution in [0.25, 0.3) is 0 Å². The molecular formula is C18H38N3O+3. The average molecular weight is 313 g/mol. The Morgan fingerprint density at radius 2 is 1.50 bits per heavy atom. The Labute approximate surface area is 136 Å². The largest absolute Gasteiger partial charge is 0.391 e. The van der Waals surface area contributed by atoms with Gasteiger partial charge in [-0.2, -0.15) is 0 Å². The summed E-state index contributed by atoms with van der Waals surface area (Å²) in [5, 5.41) is 9.07. The predicted octanol–water partition coefficient (Wildman–Crippen LogP) is -2.61. The van der Waals surface area contributed by atoms with Crippen molar-refractivity contribution in [3.05, 3.63) is 0 Å². The molecule has 1 aliphatic carbocycles. The van der Waals surface area contributed by atoms with Crippen LogP contribution < -0.4 is 14.7 Å². The summed E-state index contributed by atoms with van der Waals surface area (Å²) in [7, 11) is 0. The van der Waals surface area contributed by atoms with E-state index in [1.165, 1.54) is 77.8 Å². The fourth-order valence-corrected chi connectivity index (χ4v) is 5.35. The van der Waals surface area contributed by atoms with Gasteiger partial charge in [0.25, 0.3) is 0 Å². The van der Waals surface area contributed by atoms with E-state index in [1.54, 1.807) is 4.90 Å². The molecule has 22 heavy (non-hydrogen) atoms. The number of piperazine rings is 1. The number of nitrogens with one attached hydrogen (secondary N) is 3. The van der Waals surface area contributed by atoms with Gasteiger partial charge < -0.3 is 19.8 Å². The van der Waals surface area contributed by atoms with Gasteiger partial charge in [0.1, 0.15) is 32.7 Å². The minimum atomic E-state index is 0.353. The van der Waals surface area contributed by atoms with E-state index in [9.17, 15) is 0 Å². The molecule has 2 aliphatic heterocycles. The van der Waals surface area contributed by atoms with Crippen molar-refractivity contribution in [1.29, 1.82) is 0 Å². The maximum absolute atomic E-state index is 9.07. The third-order valence-electron chi connectivity index (χ3n) is 6.78. The molecule has 4 N–H and O–H groups in total. The molecule has 0 amide bonds. The number of aliphatic hydroxyl groups is 1. The first-order valence-electron chi connectivity index (χ1n) is 9.90. The normalized spacial score (nSPS) is 43.9. The highest BCUT2D eigenvalue weighted by molar-refractivity contribution is 4.71. The molecule has 0 aromatic rings. The van der Waals surface area contributed by atoms with Crippen LogP contribution in [0.1, 0.15) is 45.4 Å². The minimum Gasteiger partial charge on any atom is -0.391 e. The Balaban J connectivity index is 1.40. The van der Waals surface area contributed by atoms with Gasteiger partial charge in [-0.1, -0.05) is 13.3 Å². The van der Waals surface area contributed by atoms with Crippen LogP contribution in [0.2, 0.25) is 0 Å². The molecule has 2 saturated heterocycles. The molecule has 2 heterocycles. The Morgan fingerprint density at radius 3 is 2.14 bits per heavy atom. The van der Waals surface area contributed by atoms with Gasteiger partial charge in [-0.05, 0) is 18.8 Å². The first-order valence-corrected chi connectivity index (χ1v) is 9.90. The van der Waals surface area contributed by atoms with Crippen LogP contribution in [0.3, 0.4) is 0 Å². The lowest BCUT2D eigenvalue weighted by Crippen LogP contribution is -3.30. The Hall–Kier alpha value is -0.160. The van der Waals surface area contributed by atoms with E-state index in [0.717, 1.165) is 24.5 Å². The van der Waals surface area contributed by atoms with Crippen LogP contribution in [0.15, 0.2) is 0 Å². The van der Waals surface area contributed by atoms with Crippen LogP contribution in [0.5, 0.6) is 0 Å². The van der Waals surface area contributed by atoms with Gasteiger partial charge in [0.2, 0.25) is 0 Å². The molecular weight excluding hydrogens is 274 g/mol. The third kappa shape index (κ3) is 4.22. The van der Waals surface area contributed by atoms with E-state index in [1.807, 2.05) is 9.80 Å². The Kier molecular flexibility index (Phi) is 6.14. The van der Waals surface area contributed by atoms with Gasteiger partial charge in [-0.15, -0.1) is 0 Å². The SMILES string of the molecule is C[C@@H]1CCC[C@H]([NH+]2CCC([NH+]3CC[NH+](CCO)CC3)CC2)C1. The summed E-state index contributed by atoms with van der Waals surface area (Å²) >= 11 is 0. The first-order chi connectivity index (χ1) is 10.8. The summed E-state index contributed by atoms with van der Waals surface area (Å²) in [6.07, 6.45) is 8.81. The third-order valence-corrected chi connectivity index (χ3v) is 6.78. The summed E-state index contributed by atoms with van der Waals surface area (Å²) in [6, 6.07) is 1.91. The van der Waals surface area contributed by atoms with E-state index in [-0.39, 0.29) is 0 Å². The predicted molar refractivity (Wildman–Crippen MR) is 88.5 cm³/mol. The average Bonchev–Trinajstić information content (AvgIpc) is 2.56. The standard InChI is InChI=1S/C18H35N3O/c1-16-3-2-4-18(15-16)20-7-5-17(6-8-20)21-11-9-19(10-12-21)13-14-22/h16-18,22H,2-15H2,1H3/p+3/t16-,18+/m1/s1. The lowest BCUT2D eigenvalue weighted by atomic mass is 9.85. The maximum atomic E-state index is 9.07. The molecule has 128 valence electrons. The Morgan fingerprint density at radius 1 is 0.818 bits per heavy atom. The van der Waals surface area contributed by atoms with Crippen molar-refractivity contribution in [3.63, 3.8) is 0 Å². The smallest absolute Gasteiger partial charge is 0.127 e. The van der Waals surface area contributed by atoms with Crippen LogP contribution in [0, 0.1) is 5.92 Å². The summed E-state index contributed by atoms with van der Waals surface area (Å²) in [4.78, 5) is 5.43. The number of hydrogen-bond donors (Lipinski definition) is 4. The summed E-state index contributed by atoms with van der Waals surface area (Å²) in [5.41, 5.74) is 0. The minimum absolute atomic E-state index is 0.353. The quantitative estimate of drug-likeness (QED) is 0.451. The number of aliphatic hydroxyl groups excluding tert-OH is 1. The lowest BCUT2D eigenvalue weighted by Gasteiger charge is -2.41. The van der Waals surface area contributed by atoms with Gasteiger partial charge in [0.05, 0.1) is 31.8 Å². The monoisotopic (exact) mass is 312 g/mol. The van der Waals surface area contributed by atoms with Crippen molar-refractivity contribution >= 4 is 0 Å². The molecule has 0 spiro atoms. The number of likely N-dealkylation sites (tertiary alicyclic amines) is 1. The summed E-state index contributed by atoms with van der Waals surface area (Å²) < 4.78 is 0. The zero-order valence-corrected chi connectivity index (χ0v) is 14.6. The molecule has 0 bridgehead atoms. The van der Waals surface area contributed by atoms with E-state index in [4.69, 9.17) is 5.11 Å². The van der Waals surface area contributed by atoms with E-state index in [0.29, 0.717) is 6.61 Å². The molecule has 4 heteroatoms. The highest BCUT2D eigenvalue weighted by atomic mass is 16.3. The van der Waals surface area contributed by atoms with Gasteiger partial charge in [-0.3, -0.25) is 0 Å². The summed E-state index contributed by atoms with van der Waals surface area (Å²) in [6.45, 7) is 11.8. The molecule has 0 aromatic carbocycles. The number of piperidine rings is 1. The maximum Gasteiger partial charge on any atom is 0.127 e. The van der Waals surface area contributed by atoms with Gasteiger partial charge in [0, 0.05) is 19.3 Å². The second-order valence-electron chi connectivity index (χ2n) is 8.28. The molecule has 0 aromatic heterocycles. The van der Waals surface area contributed by atoms with Crippen molar-refractivity contribution in [1.82, 2.24) is 0 Å². The van der Waals surface area contributed by atoms with E-state index in [2.05, 4.69) is 6.92 Å². The second kappa shape index (κ2) is 8.09. The molecule has 3 aliphatic rings. The van der Waals surface area contributed by atoms with Crippen LogP contribution in [0.4, 0.5) is 0 Å². The van der Waals surface area contributed by atoms with E-state index >= 15 is 0 Å². The van der Waals surface area contributed by atoms with Gasteiger partial charge >= 0.3 is 0 Å².